The first-order valence-corrected chi connectivity index (χ1v) is 8.70. The zero-order valence-corrected chi connectivity index (χ0v) is 14.1. The van der Waals surface area contributed by atoms with E-state index >= 15 is 0 Å². The van der Waals surface area contributed by atoms with Gasteiger partial charge < -0.3 is 14.1 Å². The Morgan fingerprint density at radius 3 is 2.71 bits per heavy atom. The number of ether oxygens (including phenoxy) is 1. The Balaban J connectivity index is 1.34. The van der Waals surface area contributed by atoms with Gasteiger partial charge in [-0.15, -0.1) is 5.10 Å². The van der Waals surface area contributed by atoms with Crippen molar-refractivity contribution in [3.63, 3.8) is 0 Å². The molecule has 2 heterocycles. The highest BCUT2D eigenvalue weighted by Gasteiger charge is 2.28. The van der Waals surface area contributed by atoms with Crippen LogP contribution in [0, 0.1) is 0 Å². The summed E-state index contributed by atoms with van der Waals surface area (Å²) < 4.78 is 10.7. The standard InChI is InChI=1S/C18H24N4O2/c1-23-13-17-19-20-18(24-17)22-10-8-21(9-11-22)16-7-6-14-4-2-3-5-15(14)12-16/h2-5,16H,6-13H2,1H3. The molecule has 4 rings (SSSR count). The van der Waals surface area contributed by atoms with Crippen molar-refractivity contribution in [2.45, 2.75) is 31.9 Å². The maximum Gasteiger partial charge on any atom is 0.318 e. The van der Waals surface area contributed by atoms with Gasteiger partial charge in [0.1, 0.15) is 6.61 Å². The second kappa shape index (κ2) is 6.91. The molecule has 1 aromatic heterocycles. The summed E-state index contributed by atoms with van der Waals surface area (Å²) in [6, 6.07) is 10.2. The number of aryl methyl sites for hydroxylation is 1. The lowest BCUT2D eigenvalue weighted by molar-refractivity contribution is 0.156. The fourth-order valence-electron chi connectivity index (χ4n) is 3.82. The number of anilines is 1. The van der Waals surface area contributed by atoms with Crippen molar-refractivity contribution < 1.29 is 9.15 Å². The van der Waals surface area contributed by atoms with Crippen molar-refractivity contribution >= 4 is 6.01 Å². The molecule has 6 nitrogen and oxygen atoms in total. The van der Waals surface area contributed by atoms with Crippen LogP contribution in [0.15, 0.2) is 28.7 Å². The summed E-state index contributed by atoms with van der Waals surface area (Å²) in [5.41, 5.74) is 3.06. The molecule has 0 spiro atoms. The van der Waals surface area contributed by atoms with E-state index in [1.165, 1.54) is 30.4 Å². The van der Waals surface area contributed by atoms with Crippen LogP contribution in [0.3, 0.4) is 0 Å². The average molecular weight is 328 g/mol. The first-order valence-electron chi connectivity index (χ1n) is 8.70. The van der Waals surface area contributed by atoms with Crippen LogP contribution in [0.2, 0.25) is 0 Å². The smallest absolute Gasteiger partial charge is 0.318 e. The average Bonchev–Trinajstić information content (AvgIpc) is 3.10. The fourth-order valence-corrected chi connectivity index (χ4v) is 3.82. The highest BCUT2D eigenvalue weighted by atomic mass is 16.5. The third-order valence-electron chi connectivity index (χ3n) is 5.15. The van der Waals surface area contributed by atoms with Crippen LogP contribution < -0.4 is 4.90 Å². The van der Waals surface area contributed by atoms with Gasteiger partial charge in [0.25, 0.3) is 0 Å². The molecule has 1 aliphatic heterocycles. The van der Waals surface area contributed by atoms with E-state index in [1.54, 1.807) is 7.11 Å². The molecule has 0 amide bonds. The normalized spacial score (nSPS) is 21.7. The Morgan fingerprint density at radius 1 is 1.12 bits per heavy atom. The lowest BCUT2D eigenvalue weighted by Crippen LogP contribution is -2.51. The Morgan fingerprint density at radius 2 is 1.92 bits per heavy atom. The highest BCUT2D eigenvalue weighted by molar-refractivity contribution is 5.31. The van der Waals surface area contributed by atoms with Crippen LogP contribution in [0.4, 0.5) is 6.01 Å². The molecule has 24 heavy (non-hydrogen) atoms. The van der Waals surface area contributed by atoms with Gasteiger partial charge in [-0.25, -0.2) is 0 Å². The number of aromatic nitrogens is 2. The summed E-state index contributed by atoms with van der Waals surface area (Å²) in [7, 11) is 1.63. The second-order valence-electron chi connectivity index (χ2n) is 6.60. The van der Waals surface area contributed by atoms with Gasteiger partial charge in [0.15, 0.2) is 0 Å². The summed E-state index contributed by atoms with van der Waals surface area (Å²) in [5.74, 6) is 0.541. The van der Waals surface area contributed by atoms with Gasteiger partial charge in [-0.1, -0.05) is 29.4 Å². The molecule has 1 aliphatic carbocycles. The molecular weight excluding hydrogens is 304 g/mol. The van der Waals surface area contributed by atoms with E-state index in [0.717, 1.165) is 26.2 Å². The Bertz CT molecular complexity index is 679. The fraction of sp³-hybridized carbons (Fsp3) is 0.556. The number of hydrogen-bond donors (Lipinski definition) is 0. The minimum Gasteiger partial charge on any atom is -0.405 e. The van der Waals surface area contributed by atoms with Gasteiger partial charge >= 0.3 is 6.01 Å². The van der Waals surface area contributed by atoms with E-state index < -0.39 is 0 Å². The molecule has 128 valence electrons. The zero-order chi connectivity index (χ0) is 16.4. The Hall–Kier alpha value is -1.92. The van der Waals surface area contributed by atoms with Crippen molar-refractivity contribution in [1.82, 2.24) is 15.1 Å². The molecule has 1 unspecified atom stereocenters. The molecular formula is C18H24N4O2. The Kier molecular flexibility index (Phi) is 4.49. The third-order valence-corrected chi connectivity index (χ3v) is 5.15. The van der Waals surface area contributed by atoms with Gasteiger partial charge in [0.2, 0.25) is 5.89 Å². The molecule has 1 aromatic carbocycles. The zero-order valence-electron chi connectivity index (χ0n) is 14.1. The van der Waals surface area contributed by atoms with E-state index in [2.05, 4.69) is 44.3 Å². The molecule has 0 saturated carbocycles. The van der Waals surface area contributed by atoms with E-state index in [4.69, 9.17) is 9.15 Å². The van der Waals surface area contributed by atoms with Gasteiger partial charge in [-0.3, -0.25) is 4.90 Å². The lowest BCUT2D eigenvalue weighted by atomic mass is 9.87. The van der Waals surface area contributed by atoms with Gasteiger partial charge in [0.05, 0.1) is 0 Å². The molecule has 6 heteroatoms. The van der Waals surface area contributed by atoms with Crippen molar-refractivity contribution in [3.05, 3.63) is 41.3 Å². The molecule has 2 aromatic rings. The monoisotopic (exact) mass is 328 g/mol. The van der Waals surface area contributed by atoms with Gasteiger partial charge in [0, 0.05) is 39.3 Å². The second-order valence-corrected chi connectivity index (χ2v) is 6.60. The predicted molar refractivity (Wildman–Crippen MR) is 91.1 cm³/mol. The Labute approximate surface area is 142 Å². The number of piperazine rings is 1. The minimum atomic E-state index is 0.369. The number of benzene rings is 1. The maximum atomic E-state index is 5.65. The molecule has 1 atom stereocenters. The quantitative estimate of drug-likeness (QED) is 0.854. The first kappa shape index (κ1) is 15.6. The first-order chi connectivity index (χ1) is 11.8. The van der Waals surface area contributed by atoms with E-state index in [-0.39, 0.29) is 0 Å². The van der Waals surface area contributed by atoms with Crippen molar-refractivity contribution in [2.75, 3.05) is 38.2 Å². The molecule has 0 N–H and O–H groups in total. The molecule has 0 bridgehead atoms. The van der Waals surface area contributed by atoms with E-state index in [0.29, 0.717) is 24.6 Å². The number of methoxy groups -OCH3 is 1. The third kappa shape index (κ3) is 3.16. The highest BCUT2D eigenvalue weighted by Crippen LogP contribution is 2.26. The summed E-state index contributed by atoms with van der Waals surface area (Å²) in [6.45, 7) is 4.34. The van der Waals surface area contributed by atoms with Crippen molar-refractivity contribution in [3.8, 4) is 0 Å². The lowest BCUT2D eigenvalue weighted by Gasteiger charge is -2.40. The van der Waals surface area contributed by atoms with Crippen molar-refractivity contribution in [2.24, 2.45) is 0 Å². The van der Waals surface area contributed by atoms with Crippen LogP contribution >= 0.6 is 0 Å². The van der Waals surface area contributed by atoms with Gasteiger partial charge in [-0.05, 0) is 30.4 Å². The molecule has 0 radical (unpaired) electrons. The van der Waals surface area contributed by atoms with Crippen LogP contribution in [-0.4, -0.2) is 54.4 Å². The van der Waals surface area contributed by atoms with Crippen LogP contribution in [-0.2, 0) is 24.2 Å². The predicted octanol–water partition coefficient (Wildman–Crippen LogP) is 1.90. The molecule has 2 aliphatic rings. The number of hydrogen-bond acceptors (Lipinski definition) is 6. The van der Waals surface area contributed by atoms with Crippen LogP contribution in [0.25, 0.3) is 0 Å². The molecule has 1 saturated heterocycles. The van der Waals surface area contributed by atoms with Crippen LogP contribution in [0.1, 0.15) is 23.4 Å². The minimum absolute atomic E-state index is 0.369. The molecule has 1 fully saturated rings. The summed E-state index contributed by atoms with van der Waals surface area (Å²) in [5, 5.41) is 8.15. The number of nitrogens with zero attached hydrogens (tertiary/aromatic N) is 4. The van der Waals surface area contributed by atoms with Gasteiger partial charge in [-0.2, -0.15) is 0 Å². The number of rotatable bonds is 4. The summed E-state index contributed by atoms with van der Waals surface area (Å²) >= 11 is 0. The van der Waals surface area contributed by atoms with E-state index in [1.807, 2.05) is 0 Å². The summed E-state index contributed by atoms with van der Waals surface area (Å²) in [6.07, 6.45) is 3.63. The van der Waals surface area contributed by atoms with E-state index in [9.17, 15) is 0 Å². The maximum absolute atomic E-state index is 5.65. The number of fused-ring (bicyclic) bond motifs is 1. The largest absolute Gasteiger partial charge is 0.405 e. The van der Waals surface area contributed by atoms with Crippen LogP contribution in [0.5, 0.6) is 0 Å². The van der Waals surface area contributed by atoms with Crippen molar-refractivity contribution in [1.29, 1.82) is 0 Å². The summed E-state index contributed by atoms with van der Waals surface area (Å²) in [4.78, 5) is 4.80. The SMILES string of the molecule is COCc1nnc(N2CCN(C3CCc4ccccc4C3)CC2)o1. The topological polar surface area (TPSA) is 54.6 Å².